The summed E-state index contributed by atoms with van der Waals surface area (Å²) in [4.78, 5) is 10.5. The van der Waals surface area contributed by atoms with Crippen LogP contribution < -0.4 is 5.32 Å². The van der Waals surface area contributed by atoms with Gasteiger partial charge in [0.2, 0.25) is 10.0 Å². The Labute approximate surface area is 95.7 Å². The number of nitrogens with one attached hydrogen (secondary N) is 1. The van der Waals surface area contributed by atoms with E-state index in [9.17, 15) is 13.2 Å². The fourth-order valence-corrected chi connectivity index (χ4v) is 3.14. The van der Waals surface area contributed by atoms with Crippen LogP contribution in [-0.2, 0) is 14.8 Å². The number of rotatable bonds is 6. The Morgan fingerprint density at radius 1 is 1.56 bits per heavy atom. The molecule has 0 aromatic rings. The third-order valence-electron chi connectivity index (χ3n) is 2.64. The van der Waals surface area contributed by atoms with E-state index in [2.05, 4.69) is 5.32 Å². The molecule has 0 amide bonds. The molecule has 1 aliphatic heterocycles. The lowest BCUT2D eigenvalue weighted by Gasteiger charge is -2.22. The van der Waals surface area contributed by atoms with Gasteiger partial charge in [0.15, 0.2) is 5.75 Å². The van der Waals surface area contributed by atoms with Gasteiger partial charge in [0.25, 0.3) is 0 Å². The molecule has 0 radical (unpaired) electrons. The average molecular weight is 250 g/mol. The lowest BCUT2D eigenvalue weighted by Crippen LogP contribution is -2.43. The summed E-state index contributed by atoms with van der Waals surface area (Å²) in [7, 11) is -3.67. The van der Waals surface area contributed by atoms with Gasteiger partial charge in [0.05, 0.1) is 0 Å². The number of carboxylic acid groups (broad SMARTS) is 1. The molecule has 0 saturated carbocycles. The molecule has 0 aromatic heterocycles. The van der Waals surface area contributed by atoms with Crippen LogP contribution in [0, 0.1) is 0 Å². The van der Waals surface area contributed by atoms with Crippen molar-refractivity contribution >= 4 is 16.0 Å². The van der Waals surface area contributed by atoms with E-state index in [0.717, 1.165) is 19.4 Å². The molecule has 0 bridgehead atoms. The summed E-state index contributed by atoms with van der Waals surface area (Å²) in [6.45, 7) is 3.30. The van der Waals surface area contributed by atoms with Gasteiger partial charge in [-0.3, -0.25) is 4.79 Å². The van der Waals surface area contributed by atoms with Crippen molar-refractivity contribution in [3.8, 4) is 0 Å². The number of carboxylic acids is 1. The lowest BCUT2D eigenvalue weighted by atomic mass is 10.2. The summed E-state index contributed by atoms with van der Waals surface area (Å²) in [5.41, 5.74) is 0. The zero-order valence-corrected chi connectivity index (χ0v) is 10.2. The van der Waals surface area contributed by atoms with Crippen LogP contribution in [0.25, 0.3) is 0 Å². The van der Waals surface area contributed by atoms with Gasteiger partial charge >= 0.3 is 5.97 Å². The molecule has 1 unspecified atom stereocenters. The van der Waals surface area contributed by atoms with Gasteiger partial charge in [-0.25, -0.2) is 12.7 Å². The second kappa shape index (κ2) is 5.60. The van der Waals surface area contributed by atoms with Gasteiger partial charge in [-0.05, 0) is 19.4 Å². The van der Waals surface area contributed by atoms with Gasteiger partial charge in [-0.1, -0.05) is 6.92 Å². The summed E-state index contributed by atoms with van der Waals surface area (Å²) in [6.07, 6.45) is 1.99. The first-order valence-corrected chi connectivity index (χ1v) is 6.99. The van der Waals surface area contributed by atoms with Crippen molar-refractivity contribution in [3.05, 3.63) is 0 Å². The van der Waals surface area contributed by atoms with Crippen molar-refractivity contribution < 1.29 is 18.3 Å². The van der Waals surface area contributed by atoms with E-state index in [1.807, 2.05) is 0 Å². The van der Waals surface area contributed by atoms with Crippen molar-refractivity contribution in [1.29, 1.82) is 0 Å². The van der Waals surface area contributed by atoms with E-state index in [0.29, 0.717) is 13.1 Å². The van der Waals surface area contributed by atoms with Crippen molar-refractivity contribution in [1.82, 2.24) is 9.62 Å². The van der Waals surface area contributed by atoms with E-state index >= 15 is 0 Å². The highest BCUT2D eigenvalue weighted by atomic mass is 32.2. The highest BCUT2D eigenvalue weighted by molar-refractivity contribution is 7.89. The number of carbonyl (C=O) groups is 1. The molecule has 1 aliphatic rings. The minimum Gasteiger partial charge on any atom is -0.480 e. The fourth-order valence-electron chi connectivity index (χ4n) is 1.85. The Bertz CT molecular complexity index is 335. The molecule has 0 aromatic carbocycles. The first-order chi connectivity index (χ1) is 7.45. The van der Waals surface area contributed by atoms with Gasteiger partial charge in [0, 0.05) is 19.1 Å². The molecule has 1 saturated heterocycles. The van der Waals surface area contributed by atoms with Crippen LogP contribution >= 0.6 is 0 Å². The normalized spacial score (nSPS) is 21.5. The number of nitrogens with zero attached hydrogens (tertiary/aromatic N) is 1. The van der Waals surface area contributed by atoms with E-state index in [4.69, 9.17) is 5.11 Å². The zero-order valence-electron chi connectivity index (χ0n) is 9.35. The highest BCUT2D eigenvalue weighted by Gasteiger charge is 2.27. The molecule has 1 atom stereocenters. The fraction of sp³-hybridized carbons (Fsp3) is 0.889. The maximum Gasteiger partial charge on any atom is 0.320 e. The molecule has 2 N–H and O–H groups in total. The molecule has 0 aliphatic carbocycles. The first-order valence-electron chi connectivity index (χ1n) is 5.38. The first kappa shape index (κ1) is 13.4. The predicted molar refractivity (Wildman–Crippen MR) is 59.7 cm³/mol. The monoisotopic (exact) mass is 250 g/mol. The Morgan fingerprint density at radius 2 is 2.25 bits per heavy atom. The van der Waals surface area contributed by atoms with Gasteiger partial charge < -0.3 is 10.4 Å². The van der Waals surface area contributed by atoms with Crippen LogP contribution in [0.4, 0.5) is 0 Å². The average Bonchev–Trinajstić information content (AvgIpc) is 2.63. The highest BCUT2D eigenvalue weighted by Crippen LogP contribution is 2.10. The minimum atomic E-state index is -3.67. The predicted octanol–water partition coefficient (Wildman–Crippen LogP) is -0.525. The quantitative estimate of drug-likeness (QED) is 0.662. The topological polar surface area (TPSA) is 86.7 Å². The van der Waals surface area contributed by atoms with Crippen molar-refractivity contribution in [2.24, 2.45) is 0 Å². The van der Waals surface area contributed by atoms with Gasteiger partial charge in [0.1, 0.15) is 0 Å². The number of hydrogen-bond donors (Lipinski definition) is 2. The lowest BCUT2D eigenvalue weighted by molar-refractivity contribution is -0.134. The molecule has 1 rings (SSSR count). The van der Waals surface area contributed by atoms with Crippen LogP contribution in [0.15, 0.2) is 0 Å². The zero-order chi connectivity index (χ0) is 12.2. The van der Waals surface area contributed by atoms with E-state index < -0.39 is 21.7 Å². The molecule has 7 heteroatoms. The summed E-state index contributed by atoms with van der Waals surface area (Å²) in [6, 6.07) is 0.156. The Hall–Kier alpha value is -0.660. The molecular weight excluding hydrogens is 232 g/mol. The Kier molecular flexibility index (Phi) is 4.69. The second-order valence-corrected chi connectivity index (χ2v) is 5.86. The van der Waals surface area contributed by atoms with Crippen molar-refractivity contribution in [2.75, 3.05) is 25.4 Å². The maximum atomic E-state index is 11.7. The van der Waals surface area contributed by atoms with Gasteiger partial charge in [-0.2, -0.15) is 0 Å². The largest absolute Gasteiger partial charge is 0.480 e. The third-order valence-corrected chi connectivity index (χ3v) is 4.44. The maximum absolute atomic E-state index is 11.7. The Morgan fingerprint density at radius 3 is 2.69 bits per heavy atom. The minimum absolute atomic E-state index is 0.156. The van der Waals surface area contributed by atoms with E-state index in [1.54, 1.807) is 6.92 Å². The van der Waals surface area contributed by atoms with E-state index in [1.165, 1.54) is 4.31 Å². The molecular formula is C9H18N2O4S. The summed E-state index contributed by atoms with van der Waals surface area (Å²) >= 11 is 0. The van der Waals surface area contributed by atoms with E-state index in [-0.39, 0.29) is 6.04 Å². The van der Waals surface area contributed by atoms with Crippen molar-refractivity contribution in [2.45, 2.75) is 25.8 Å². The standard InChI is InChI=1S/C9H18N2O4S/c1-2-11(6-8-4-3-5-10-8)16(14,15)7-9(12)13/h8,10H,2-7H2,1H3,(H,12,13). The molecule has 0 spiro atoms. The summed E-state index contributed by atoms with van der Waals surface area (Å²) in [5, 5.41) is 11.7. The molecule has 6 nitrogen and oxygen atoms in total. The summed E-state index contributed by atoms with van der Waals surface area (Å²) < 4.78 is 24.6. The third kappa shape index (κ3) is 3.73. The smallest absolute Gasteiger partial charge is 0.320 e. The molecule has 16 heavy (non-hydrogen) atoms. The van der Waals surface area contributed by atoms with Gasteiger partial charge in [-0.15, -0.1) is 0 Å². The summed E-state index contributed by atoms with van der Waals surface area (Å²) in [5.74, 6) is -2.13. The Balaban J connectivity index is 2.61. The number of hydrogen-bond acceptors (Lipinski definition) is 4. The number of aliphatic carboxylic acids is 1. The van der Waals surface area contributed by atoms with Crippen LogP contribution in [0.5, 0.6) is 0 Å². The molecule has 1 fully saturated rings. The number of sulfonamides is 1. The van der Waals surface area contributed by atoms with Crippen LogP contribution in [0.1, 0.15) is 19.8 Å². The van der Waals surface area contributed by atoms with Crippen LogP contribution in [0.3, 0.4) is 0 Å². The SMILES string of the molecule is CCN(CC1CCCN1)S(=O)(=O)CC(=O)O. The second-order valence-electron chi connectivity index (χ2n) is 3.89. The number of likely N-dealkylation sites (N-methyl/N-ethyl adjacent to an activating group) is 1. The molecule has 1 heterocycles. The van der Waals surface area contributed by atoms with Crippen LogP contribution in [0.2, 0.25) is 0 Å². The van der Waals surface area contributed by atoms with Crippen LogP contribution in [-0.4, -0.2) is 55.2 Å². The molecule has 94 valence electrons. The van der Waals surface area contributed by atoms with Crippen molar-refractivity contribution in [3.63, 3.8) is 0 Å².